The summed E-state index contributed by atoms with van der Waals surface area (Å²) in [5.74, 6) is 0.886. The van der Waals surface area contributed by atoms with Crippen LogP contribution in [0.2, 0.25) is 0 Å². The first-order valence-corrected chi connectivity index (χ1v) is 9.20. The quantitative estimate of drug-likeness (QED) is 0.473. The van der Waals surface area contributed by atoms with Crippen LogP contribution in [-0.4, -0.2) is 75.7 Å². The van der Waals surface area contributed by atoms with E-state index >= 15 is 0 Å². The second-order valence-corrected chi connectivity index (χ2v) is 7.25. The summed E-state index contributed by atoms with van der Waals surface area (Å²) in [4.78, 5) is 20.7. The molecule has 6 nitrogen and oxygen atoms in total. The fourth-order valence-electron chi connectivity index (χ4n) is 3.46. The number of aliphatic imine (C=N–C) groups is 1. The Balaban J connectivity index is 1.95. The molecule has 1 fully saturated rings. The lowest BCUT2D eigenvalue weighted by Gasteiger charge is -2.28. The number of hydrogen-bond acceptors (Lipinski definition) is 4. The van der Waals surface area contributed by atoms with Gasteiger partial charge in [-0.2, -0.15) is 0 Å². The van der Waals surface area contributed by atoms with Gasteiger partial charge in [0.15, 0.2) is 5.96 Å². The fraction of sp³-hybridized carbons (Fsp3) is 0.600. The lowest BCUT2D eigenvalue weighted by atomic mass is 9.99. The number of rotatable bonds is 6. The van der Waals surface area contributed by atoms with Crippen molar-refractivity contribution in [1.29, 1.82) is 0 Å². The van der Waals surface area contributed by atoms with Gasteiger partial charge in [0, 0.05) is 32.7 Å². The molecule has 1 N–H and O–H groups in total. The molecule has 1 aliphatic rings. The zero-order valence-electron chi connectivity index (χ0n) is 16.6. The molecule has 1 saturated heterocycles. The number of ether oxygens (including phenoxy) is 1. The summed E-state index contributed by atoms with van der Waals surface area (Å²) in [6.07, 6.45) is 0.971. The van der Waals surface area contributed by atoms with Crippen molar-refractivity contribution in [3.63, 3.8) is 0 Å². The summed E-state index contributed by atoms with van der Waals surface area (Å²) < 4.78 is 4.93. The van der Waals surface area contributed by atoms with Crippen molar-refractivity contribution >= 4 is 11.9 Å². The maximum absolute atomic E-state index is 11.9. The second kappa shape index (κ2) is 9.57. The molecule has 0 radical (unpaired) electrons. The number of likely N-dealkylation sites (N-methyl/N-ethyl adjacent to an activating group) is 1. The van der Waals surface area contributed by atoms with E-state index in [1.807, 2.05) is 6.07 Å². The van der Waals surface area contributed by atoms with E-state index in [1.165, 1.54) is 12.7 Å². The van der Waals surface area contributed by atoms with Gasteiger partial charge in [0.25, 0.3) is 0 Å². The van der Waals surface area contributed by atoms with Gasteiger partial charge < -0.3 is 19.9 Å². The number of nitrogens with zero attached hydrogens (tertiary/aromatic N) is 3. The largest absolute Gasteiger partial charge is 0.469 e. The van der Waals surface area contributed by atoms with E-state index in [0.717, 1.165) is 25.5 Å². The van der Waals surface area contributed by atoms with E-state index in [1.54, 1.807) is 7.05 Å². The maximum atomic E-state index is 11.9. The van der Waals surface area contributed by atoms with Gasteiger partial charge in [-0.15, -0.1) is 0 Å². The second-order valence-electron chi connectivity index (χ2n) is 7.25. The number of hydrogen-bond donors (Lipinski definition) is 1. The highest BCUT2D eigenvalue weighted by Crippen LogP contribution is 2.24. The predicted molar refractivity (Wildman–Crippen MR) is 105 cm³/mol. The number of carbonyl (C=O) groups excluding carboxylic acids is 1. The first-order chi connectivity index (χ1) is 12.5. The third-order valence-corrected chi connectivity index (χ3v) is 5.17. The van der Waals surface area contributed by atoms with Crippen LogP contribution in [-0.2, 0) is 16.0 Å². The number of nitrogens with one attached hydrogen (secondary N) is 1. The summed E-state index contributed by atoms with van der Waals surface area (Å²) in [5, 5.41) is 3.49. The molecule has 0 bridgehead atoms. The minimum atomic E-state index is -0.134. The van der Waals surface area contributed by atoms with Crippen LogP contribution < -0.4 is 5.32 Å². The summed E-state index contributed by atoms with van der Waals surface area (Å²) in [6.45, 7) is 4.35. The highest BCUT2D eigenvalue weighted by Gasteiger charge is 2.36. The van der Waals surface area contributed by atoms with Crippen molar-refractivity contribution in [3.8, 4) is 0 Å². The predicted octanol–water partition coefficient (Wildman–Crippen LogP) is 1.48. The molecule has 2 rings (SSSR count). The molecular formula is C20H32N4O2. The average Bonchev–Trinajstić information content (AvgIpc) is 3.02. The third-order valence-electron chi connectivity index (χ3n) is 5.17. The van der Waals surface area contributed by atoms with Crippen molar-refractivity contribution in [2.75, 3.05) is 47.9 Å². The Hall–Kier alpha value is -2.08. The van der Waals surface area contributed by atoms with Crippen LogP contribution in [0.5, 0.6) is 0 Å². The molecule has 1 heterocycles. The van der Waals surface area contributed by atoms with Gasteiger partial charge in [-0.1, -0.05) is 37.3 Å². The van der Waals surface area contributed by atoms with Crippen LogP contribution in [0.25, 0.3) is 0 Å². The van der Waals surface area contributed by atoms with Gasteiger partial charge in [-0.05, 0) is 32.0 Å². The van der Waals surface area contributed by atoms with Crippen LogP contribution in [0.3, 0.4) is 0 Å². The van der Waals surface area contributed by atoms with Crippen LogP contribution in [0.1, 0.15) is 12.5 Å². The molecule has 3 atom stereocenters. The summed E-state index contributed by atoms with van der Waals surface area (Å²) in [5.41, 5.74) is 1.32. The van der Waals surface area contributed by atoms with Crippen LogP contribution in [0.15, 0.2) is 35.3 Å². The molecule has 0 saturated carbocycles. The van der Waals surface area contributed by atoms with Crippen LogP contribution in [0, 0.1) is 11.8 Å². The third kappa shape index (κ3) is 5.21. The zero-order valence-corrected chi connectivity index (χ0v) is 16.6. The molecule has 1 aliphatic heterocycles. The molecule has 0 amide bonds. The first kappa shape index (κ1) is 20.2. The Bertz CT molecular complexity index is 603. The van der Waals surface area contributed by atoms with Gasteiger partial charge >= 0.3 is 5.97 Å². The molecule has 0 aromatic heterocycles. The zero-order chi connectivity index (χ0) is 19.1. The maximum Gasteiger partial charge on any atom is 0.310 e. The molecule has 3 unspecified atom stereocenters. The fourth-order valence-corrected chi connectivity index (χ4v) is 3.46. The summed E-state index contributed by atoms with van der Waals surface area (Å²) >= 11 is 0. The summed E-state index contributed by atoms with van der Waals surface area (Å²) in [7, 11) is 7.45. The number of carbonyl (C=O) groups is 1. The number of likely N-dealkylation sites (tertiary alicyclic amines) is 1. The van der Waals surface area contributed by atoms with Gasteiger partial charge in [-0.25, -0.2) is 0 Å². The number of methoxy groups -OCH3 is 1. The Morgan fingerprint density at radius 2 is 2.04 bits per heavy atom. The van der Waals surface area contributed by atoms with E-state index in [0.29, 0.717) is 12.6 Å². The van der Waals surface area contributed by atoms with Gasteiger partial charge in [0.05, 0.1) is 13.0 Å². The van der Waals surface area contributed by atoms with Crippen molar-refractivity contribution < 1.29 is 9.53 Å². The van der Waals surface area contributed by atoms with Gasteiger partial charge in [-0.3, -0.25) is 9.79 Å². The van der Waals surface area contributed by atoms with Crippen molar-refractivity contribution in [2.24, 2.45) is 16.8 Å². The van der Waals surface area contributed by atoms with E-state index in [-0.39, 0.29) is 17.8 Å². The lowest BCUT2D eigenvalue weighted by Crippen LogP contribution is -2.47. The lowest BCUT2D eigenvalue weighted by molar-refractivity contribution is -0.145. The van der Waals surface area contributed by atoms with Crippen molar-refractivity contribution in [1.82, 2.24) is 15.1 Å². The average molecular weight is 361 g/mol. The highest BCUT2D eigenvalue weighted by atomic mass is 16.5. The topological polar surface area (TPSA) is 57.2 Å². The molecule has 1 aromatic carbocycles. The van der Waals surface area contributed by atoms with Crippen LogP contribution in [0.4, 0.5) is 0 Å². The smallest absolute Gasteiger partial charge is 0.310 e. The SMILES string of the molecule is CN=C(NCC(Cc1ccccc1)N(C)C)N1CC(C)C(C(=O)OC)C1. The normalized spacial score (nSPS) is 21.8. The standard InChI is InChI=1S/C20H32N4O2/c1-15-13-24(14-18(15)19(25)26-5)20(21-2)22-12-17(23(3)4)11-16-9-7-6-8-10-16/h6-10,15,17-18H,11-14H2,1-5H3,(H,21,22). The van der Waals surface area contributed by atoms with E-state index in [4.69, 9.17) is 4.74 Å². The van der Waals surface area contributed by atoms with E-state index in [9.17, 15) is 4.79 Å². The summed E-state index contributed by atoms with van der Waals surface area (Å²) in [6, 6.07) is 10.9. The van der Waals surface area contributed by atoms with Crippen molar-refractivity contribution in [2.45, 2.75) is 19.4 Å². The molecule has 6 heteroatoms. The molecule has 26 heavy (non-hydrogen) atoms. The Labute approximate surface area is 157 Å². The van der Waals surface area contributed by atoms with Gasteiger partial charge in [0.2, 0.25) is 0 Å². The van der Waals surface area contributed by atoms with E-state index < -0.39 is 0 Å². The monoisotopic (exact) mass is 360 g/mol. The molecule has 0 aliphatic carbocycles. The van der Waals surface area contributed by atoms with E-state index in [2.05, 4.69) is 65.4 Å². The molecule has 0 spiro atoms. The highest BCUT2D eigenvalue weighted by molar-refractivity contribution is 5.82. The Morgan fingerprint density at radius 3 is 2.62 bits per heavy atom. The number of esters is 1. The van der Waals surface area contributed by atoms with Crippen molar-refractivity contribution in [3.05, 3.63) is 35.9 Å². The number of benzene rings is 1. The van der Waals surface area contributed by atoms with Crippen LogP contribution >= 0.6 is 0 Å². The molecular weight excluding hydrogens is 328 g/mol. The molecule has 1 aromatic rings. The first-order valence-electron chi connectivity index (χ1n) is 9.20. The minimum absolute atomic E-state index is 0.0903. The Morgan fingerprint density at radius 1 is 1.35 bits per heavy atom. The minimum Gasteiger partial charge on any atom is -0.469 e. The Kier molecular flexibility index (Phi) is 7.45. The molecule has 144 valence electrons. The van der Waals surface area contributed by atoms with Gasteiger partial charge in [0.1, 0.15) is 0 Å². The number of guanidine groups is 1.